The first-order valence-corrected chi connectivity index (χ1v) is 9.58. The van der Waals surface area contributed by atoms with Crippen molar-refractivity contribution >= 4 is 11.5 Å². The molecule has 26 heavy (non-hydrogen) atoms. The van der Waals surface area contributed by atoms with Gasteiger partial charge >= 0.3 is 0 Å². The summed E-state index contributed by atoms with van der Waals surface area (Å²) in [7, 11) is 0. The number of carbonyl (C=O) groups is 1. The molecule has 0 aliphatic heterocycles. The number of phenols is 1. The fourth-order valence-corrected chi connectivity index (χ4v) is 2.77. The Bertz CT molecular complexity index is 585. The Morgan fingerprint density at radius 1 is 1.15 bits per heavy atom. The van der Waals surface area contributed by atoms with Gasteiger partial charge in [0.1, 0.15) is 5.75 Å². The first-order chi connectivity index (χ1) is 12.4. The van der Waals surface area contributed by atoms with Gasteiger partial charge in [-0.15, -0.1) is 0 Å². The molecular weight excluding hydrogens is 330 g/mol. The van der Waals surface area contributed by atoms with Crippen LogP contribution < -0.4 is 5.73 Å². The topological polar surface area (TPSA) is 92.8 Å². The molecule has 4 N–H and O–H groups in total. The Morgan fingerprint density at radius 2 is 1.77 bits per heavy atom. The molecule has 146 valence electrons. The monoisotopic (exact) mass is 363 g/mol. The van der Waals surface area contributed by atoms with E-state index in [1.807, 2.05) is 0 Å². The number of ketones is 1. The first-order valence-electron chi connectivity index (χ1n) is 9.58. The molecule has 5 nitrogen and oxygen atoms in total. The molecule has 0 saturated heterocycles. The van der Waals surface area contributed by atoms with Crippen LogP contribution in [0.4, 0.5) is 5.69 Å². The lowest BCUT2D eigenvalue weighted by Gasteiger charge is -2.23. The van der Waals surface area contributed by atoms with E-state index in [1.165, 1.54) is 56.4 Å². The molecule has 1 aromatic carbocycles. The molecule has 1 aromatic rings. The van der Waals surface area contributed by atoms with Crippen molar-refractivity contribution in [3.8, 4) is 5.75 Å². The van der Waals surface area contributed by atoms with Gasteiger partial charge in [-0.3, -0.25) is 4.79 Å². The van der Waals surface area contributed by atoms with Crippen LogP contribution in [0.5, 0.6) is 5.75 Å². The summed E-state index contributed by atoms with van der Waals surface area (Å²) in [6.45, 7) is 4.21. The minimum atomic E-state index is -2.03. The van der Waals surface area contributed by atoms with Gasteiger partial charge in [-0.05, 0) is 37.6 Å². The van der Waals surface area contributed by atoms with Crippen molar-refractivity contribution in [2.75, 3.05) is 12.3 Å². The fraction of sp³-hybridized carbons (Fsp3) is 0.571. The predicted octanol–water partition coefficient (Wildman–Crippen LogP) is 4.58. The van der Waals surface area contributed by atoms with E-state index >= 15 is 0 Å². The summed E-state index contributed by atoms with van der Waals surface area (Å²) in [5.41, 5.74) is 5.88. The van der Waals surface area contributed by atoms with E-state index in [1.54, 1.807) is 13.0 Å². The first kappa shape index (κ1) is 22.2. The summed E-state index contributed by atoms with van der Waals surface area (Å²) >= 11 is 0. The van der Waals surface area contributed by atoms with Crippen LogP contribution >= 0.6 is 0 Å². The Balaban J connectivity index is 2.50. The van der Waals surface area contributed by atoms with Crippen molar-refractivity contribution in [3.05, 3.63) is 35.9 Å². The molecule has 0 aromatic heterocycles. The van der Waals surface area contributed by atoms with Crippen LogP contribution in [-0.2, 0) is 4.74 Å². The standard InChI is InChI=1S/C21H33NO4/c1-3-5-6-7-8-9-10-11-15-26-21(25,14-4-2)20(24)17-12-13-18(22)19(23)16-17/h4,12-14,16,23,25H,3,5-11,15,22H2,1-2H3. The number of Topliss-reactive ketones (excluding diaryl/α,β-unsaturated/α-hetero) is 1. The van der Waals surface area contributed by atoms with Crippen molar-refractivity contribution < 1.29 is 19.7 Å². The summed E-state index contributed by atoms with van der Waals surface area (Å²) < 4.78 is 5.51. The lowest BCUT2D eigenvalue weighted by Crippen LogP contribution is -2.40. The largest absolute Gasteiger partial charge is 0.506 e. The zero-order chi connectivity index (χ0) is 19.4. The second kappa shape index (κ2) is 11.7. The molecule has 0 aliphatic rings. The zero-order valence-electron chi connectivity index (χ0n) is 16.0. The van der Waals surface area contributed by atoms with Gasteiger partial charge in [0, 0.05) is 5.56 Å². The van der Waals surface area contributed by atoms with Crippen LogP contribution in [0.25, 0.3) is 0 Å². The highest BCUT2D eigenvalue weighted by atomic mass is 16.6. The van der Waals surface area contributed by atoms with Gasteiger partial charge < -0.3 is 20.7 Å². The number of carbonyl (C=O) groups excluding carboxylic acids is 1. The van der Waals surface area contributed by atoms with Crippen molar-refractivity contribution in [1.29, 1.82) is 0 Å². The number of ether oxygens (including phenoxy) is 1. The normalized spacial score (nSPS) is 13.8. The lowest BCUT2D eigenvalue weighted by atomic mass is 10.0. The number of aromatic hydroxyl groups is 1. The molecule has 1 rings (SSSR count). The maximum Gasteiger partial charge on any atom is 0.251 e. The third-order valence-corrected chi connectivity index (χ3v) is 4.33. The Kier molecular flexibility index (Phi) is 9.99. The molecule has 0 amide bonds. The molecule has 0 heterocycles. The summed E-state index contributed by atoms with van der Waals surface area (Å²) in [6, 6.07) is 4.13. The number of hydrogen-bond donors (Lipinski definition) is 3. The van der Waals surface area contributed by atoms with Crippen molar-refractivity contribution in [2.24, 2.45) is 0 Å². The molecule has 1 atom stereocenters. The van der Waals surface area contributed by atoms with Crippen LogP contribution in [0.2, 0.25) is 0 Å². The van der Waals surface area contributed by atoms with Crippen LogP contribution in [0, 0.1) is 0 Å². The van der Waals surface area contributed by atoms with E-state index in [4.69, 9.17) is 10.5 Å². The SMILES string of the molecule is CC=CC(O)(OCCCCCCCCCC)C(=O)c1ccc(N)c(O)c1. The summed E-state index contributed by atoms with van der Waals surface area (Å²) in [6.07, 6.45) is 12.1. The molecule has 0 radical (unpaired) electrons. The van der Waals surface area contributed by atoms with Crippen molar-refractivity contribution in [2.45, 2.75) is 71.0 Å². The minimum absolute atomic E-state index is 0.147. The smallest absolute Gasteiger partial charge is 0.251 e. The van der Waals surface area contributed by atoms with Gasteiger partial charge in [0.25, 0.3) is 5.79 Å². The fourth-order valence-electron chi connectivity index (χ4n) is 2.77. The molecular formula is C21H33NO4. The van der Waals surface area contributed by atoms with Gasteiger partial charge in [0.15, 0.2) is 0 Å². The lowest BCUT2D eigenvalue weighted by molar-refractivity contribution is -0.132. The number of nitrogen functional groups attached to an aromatic ring is 1. The second-order valence-corrected chi connectivity index (χ2v) is 6.62. The molecule has 5 heteroatoms. The Hall–Kier alpha value is -1.85. The third-order valence-electron chi connectivity index (χ3n) is 4.33. The quantitative estimate of drug-likeness (QED) is 0.119. The van der Waals surface area contributed by atoms with Crippen LogP contribution in [-0.4, -0.2) is 28.4 Å². The maximum absolute atomic E-state index is 12.6. The van der Waals surface area contributed by atoms with E-state index in [2.05, 4.69) is 6.92 Å². The number of phenolic OH excluding ortho intramolecular Hbond substituents is 1. The van der Waals surface area contributed by atoms with Crippen LogP contribution in [0.1, 0.15) is 75.6 Å². The number of anilines is 1. The summed E-state index contributed by atoms with van der Waals surface area (Å²) in [5.74, 6) is -2.84. The Labute approximate surface area is 156 Å². The van der Waals surface area contributed by atoms with Gasteiger partial charge in [0.2, 0.25) is 5.78 Å². The van der Waals surface area contributed by atoms with E-state index in [0.29, 0.717) is 6.61 Å². The summed E-state index contributed by atoms with van der Waals surface area (Å²) in [5, 5.41) is 20.3. The third kappa shape index (κ3) is 7.18. The molecule has 1 unspecified atom stereocenters. The average molecular weight is 363 g/mol. The number of benzene rings is 1. The zero-order valence-corrected chi connectivity index (χ0v) is 16.0. The maximum atomic E-state index is 12.6. The predicted molar refractivity (Wildman–Crippen MR) is 105 cm³/mol. The average Bonchev–Trinajstić information content (AvgIpc) is 2.62. The van der Waals surface area contributed by atoms with Gasteiger partial charge in [-0.1, -0.05) is 57.9 Å². The van der Waals surface area contributed by atoms with Gasteiger partial charge in [0.05, 0.1) is 12.3 Å². The molecule has 0 fully saturated rings. The molecule has 0 aliphatic carbocycles. The number of nitrogens with two attached hydrogens (primary N) is 1. The Morgan fingerprint density at radius 3 is 2.35 bits per heavy atom. The summed E-state index contributed by atoms with van der Waals surface area (Å²) in [4.78, 5) is 12.6. The molecule has 0 saturated carbocycles. The second-order valence-electron chi connectivity index (χ2n) is 6.62. The van der Waals surface area contributed by atoms with Crippen molar-refractivity contribution in [1.82, 2.24) is 0 Å². The number of unbranched alkanes of at least 4 members (excludes halogenated alkanes) is 7. The molecule has 0 bridgehead atoms. The highest BCUT2D eigenvalue weighted by molar-refractivity contribution is 6.03. The number of allylic oxidation sites excluding steroid dienone is 1. The van der Waals surface area contributed by atoms with Crippen LogP contribution in [0.15, 0.2) is 30.4 Å². The van der Waals surface area contributed by atoms with E-state index in [0.717, 1.165) is 19.3 Å². The highest BCUT2D eigenvalue weighted by Gasteiger charge is 2.35. The number of aliphatic hydroxyl groups is 1. The number of rotatable bonds is 13. The highest BCUT2D eigenvalue weighted by Crippen LogP contribution is 2.25. The van der Waals surface area contributed by atoms with E-state index < -0.39 is 11.6 Å². The van der Waals surface area contributed by atoms with Gasteiger partial charge in [-0.25, -0.2) is 0 Å². The van der Waals surface area contributed by atoms with Crippen molar-refractivity contribution in [3.63, 3.8) is 0 Å². The molecule has 0 spiro atoms. The minimum Gasteiger partial charge on any atom is -0.506 e. The van der Waals surface area contributed by atoms with Crippen LogP contribution in [0.3, 0.4) is 0 Å². The van der Waals surface area contributed by atoms with Gasteiger partial charge in [-0.2, -0.15) is 0 Å². The van der Waals surface area contributed by atoms with E-state index in [9.17, 15) is 15.0 Å². The van der Waals surface area contributed by atoms with E-state index in [-0.39, 0.29) is 17.0 Å². The number of hydrogen-bond acceptors (Lipinski definition) is 5.